The van der Waals surface area contributed by atoms with E-state index in [-0.39, 0.29) is 36.0 Å². The molecule has 0 radical (unpaired) electrons. The fourth-order valence-corrected chi connectivity index (χ4v) is 5.78. The van der Waals surface area contributed by atoms with E-state index in [1.165, 1.54) is 18.5 Å². The summed E-state index contributed by atoms with van der Waals surface area (Å²) in [6.07, 6.45) is 3.21. The van der Waals surface area contributed by atoms with E-state index < -0.39 is 12.2 Å². The second-order valence-corrected chi connectivity index (χ2v) is 9.65. The Balaban J connectivity index is 1.27. The van der Waals surface area contributed by atoms with Gasteiger partial charge in [0, 0.05) is 23.8 Å². The zero-order chi connectivity index (χ0) is 20.9. The highest BCUT2D eigenvalue weighted by atomic mass is 79.9. The molecule has 1 aromatic heterocycles. The van der Waals surface area contributed by atoms with E-state index in [0.29, 0.717) is 28.6 Å². The molecule has 3 atom stereocenters. The van der Waals surface area contributed by atoms with Crippen molar-refractivity contribution < 1.29 is 18.3 Å². The van der Waals surface area contributed by atoms with E-state index in [0.717, 1.165) is 19.3 Å². The van der Waals surface area contributed by atoms with Gasteiger partial charge in [0.25, 0.3) is 0 Å². The number of ether oxygens (including phenoxy) is 1. The number of hydrogen-bond donors (Lipinski definition) is 0. The van der Waals surface area contributed by atoms with Crippen molar-refractivity contribution in [3.05, 3.63) is 52.6 Å². The number of hydrogen-bond acceptors (Lipinski definition) is 4. The molecule has 1 aromatic carbocycles. The highest BCUT2D eigenvalue weighted by Crippen LogP contribution is 2.62. The van der Waals surface area contributed by atoms with Crippen LogP contribution in [0.3, 0.4) is 0 Å². The Morgan fingerprint density at radius 2 is 2.10 bits per heavy atom. The highest BCUT2D eigenvalue weighted by molar-refractivity contribution is 9.10. The quantitative estimate of drug-likeness (QED) is 0.595. The second-order valence-electron chi connectivity index (χ2n) is 8.84. The Morgan fingerprint density at radius 1 is 1.27 bits per heavy atom. The van der Waals surface area contributed by atoms with Crippen molar-refractivity contribution in [1.82, 2.24) is 14.9 Å². The molecule has 0 N–H and O–H groups in total. The Labute approximate surface area is 182 Å². The monoisotopic (exact) mass is 477 g/mol. The van der Waals surface area contributed by atoms with Crippen molar-refractivity contribution in [3.8, 4) is 5.88 Å². The second kappa shape index (κ2) is 7.55. The van der Waals surface area contributed by atoms with Crippen LogP contribution in [0.25, 0.3) is 0 Å². The first-order valence-electron chi connectivity index (χ1n) is 10.2. The number of aromatic nitrogens is 2. The molecule has 4 aliphatic rings. The third kappa shape index (κ3) is 3.59. The number of alkyl halides is 1. The average Bonchev–Trinajstić information content (AvgIpc) is 3.37. The van der Waals surface area contributed by atoms with Gasteiger partial charge >= 0.3 is 0 Å². The minimum absolute atomic E-state index is 0.00133. The maximum atomic E-state index is 14.3. The summed E-state index contributed by atoms with van der Waals surface area (Å²) in [7, 11) is 0. The SMILES string of the molecule is O=C([C@H]1CC2(COc3cc(Br)ncn3)CC1C2)N1CC(F)CC1c1cccc(F)c1. The van der Waals surface area contributed by atoms with Crippen LogP contribution in [-0.2, 0) is 4.79 Å². The number of rotatable bonds is 5. The van der Waals surface area contributed by atoms with Gasteiger partial charge in [0.05, 0.1) is 19.2 Å². The number of benzene rings is 1. The third-order valence-electron chi connectivity index (χ3n) is 6.83. The summed E-state index contributed by atoms with van der Waals surface area (Å²) < 4.78 is 34.5. The van der Waals surface area contributed by atoms with Gasteiger partial charge in [-0.3, -0.25) is 4.79 Å². The minimum Gasteiger partial charge on any atom is -0.477 e. The molecule has 2 unspecified atom stereocenters. The van der Waals surface area contributed by atoms with E-state index in [2.05, 4.69) is 25.9 Å². The Morgan fingerprint density at radius 3 is 2.87 bits per heavy atom. The summed E-state index contributed by atoms with van der Waals surface area (Å²) in [5, 5.41) is 0. The van der Waals surface area contributed by atoms with E-state index in [1.807, 2.05) is 0 Å². The molecule has 0 spiro atoms. The van der Waals surface area contributed by atoms with E-state index in [4.69, 9.17) is 4.74 Å². The van der Waals surface area contributed by atoms with Crippen molar-refractivity contribution in [1.29, 1.82) is 0 Å². The molecule has 3 saturated carbocycles. The average molecular weight is 478 g/mol. The maximum absolute atomic E-state index is 14.3. The molecule has 2 bridgehead atoms. The lowest BCUT2D eigenvalue weighted by Crippen LogP contribution is -2.38. The molecule has 6 rings (SSSR count). The molecule has 1 saturated heterocycles. The molecule has 1 amide bonds. The summed E-state index contributed by atoms with van der Waals surface area (Å²) in [5.41, 5.74) is 0.646. The molecular formula is C22H22BrF2N3O2. The number of likely N-dealkylation sites (tertiary alicyclic amines) is 1. The molecule has 30 heavy (non-hydrogen) atoms. The Hall–Kier alpha value is -2.09. The molecular weight excluding hydrogens is 456 g/mol. The van der Waals surface area contributed by atoms with Crippen molar-refractivity contribution in [2.75, 3.05) is 13.2 Å². The van der Waals surface area contributed by atoms with Crippen LogP contribution in [0.2, 0.25) is 0 Å². The first-order valence-corrected chi connectivity index (χ1v) is 11.0. The lowest BCUT2D eigenvalue weighted by Gasteiger charge is -2.38. The summed E-state index contributed by atoms with van der Waals surface area (Å²) >= 11 is 3.30. The summed E-state index contributed by atoms with van der Waals surface area (Å²) in [6.45, 7) is 0.595. The van der Waals surface area contributed by atoms with E-state index >= 15 is 0 Å². The topological polar surface area (TPSA) is 55.3 Å². The lowest BCUT2D eigenvalue weighted by atomic mass is 9.70. The normalized spacial score (nSPS) is 32.2. The van der Waals surface area contributed by atoms with Crippen LogP contribution in [-0.4, -0.2) is 40.1 Å². The number of fused-ring (bicyclic) bond motifs is 1. The number of carbonyl (C=O) groups is 1. The summed E-state index contributed by atoms with van der Waals surface area (Å²) in [4.78, 5) is 23.1. The molecule has 1 aliphatic heterocycles. The first kappa shape index (κ1) is 19.8. The van der Waals surface area contributed by atoms with Crippen molar-refractivity contribution in [2.45, 2.75) is 37.9 Å². The van der Waals surface area contributed by atoms with Crippen LogP contribution in [0.15, 0.2) is 41.3 Å². The van der Waals surface area contributed by atoms with Crippen LogP contribution in [0, 0.1) is 23.1 Å². The molecule has 2 heterocycles. The summed E-state index contributed by atoms with van der Waals surface area (Å²) in [6, 6.07) is 7.49. The minimum atomic E-state index is -1.08. The van der Waals surface area contributed by atoms with Gasteiger partial charge in [-0.1, -0.05) is 12.1 Å². The third-order valence-corrected chi connectivity index (χ3v) is 7.26. The number of nitrogens with zero attached hydrogens (tertiary/aromatic N) is 3. The molecule has 4 fully saturated rings. The molecule has 5 nitrogen and oxygen atoms in total. The summed E-state index contributed by atoms with van der Waals surface area (Å²) in [5.74, 6) is 0.337. The molecule has 158 valence electrons. The highest BCUT2D eigenvalue weighted by Gasteiger charge is 2.59. The lowest BCUT2D eigenvalue weighted by molar-refractivity contribution is -0.137. The van der Waals surface area contributed by atoms with Gasteiger partial charge in [0.15, 0.2) is 0 Å². The fourth-order valence-electron chi connectivity index (χ4n) is 5.50. The smallest absolute Gasteiger partial charge is 0.226 e. The predicted molar refractivity (Wildman–Crippen MR) is 109 cm³/mol. The van der Waals surface area contributed by atoms with Crippen molar-refractivity contribution in [3.63, 3.8) is 0 Å². The Kier molecular flexibility index (Phi) is 5.00. The van der Waals surface area contributed by atoms with Gasteiger partial charge in [-0.15, -0.1) is 0 Å². The zero-order valence-electron chi connectivity index (χ0n) is 16.3. The van der Waals surface area contributed by atoms with Gasteiger partial charge < -0.3 is 9.64 Å². The van der Waals surface area contributed by atoms with Crippen LogP contribution in [0.5, 0.6) is 5.88 Å². The number of carbonyl (C=O) groups excluding carboxylic acids is 1. The number of halogens is 3. The van der Waals surface area contributed by atoms with Crippen molar-refractivity contribution >= 4 is 21.8 Å². The van der Waals surface area contributed by atoms with Gasteiger partial charge in [0.2, 0.25) is 11.8 Å². The van der Waals surface area contributed by atoms with Gasteiger partial charge in [-0.05, 0) is 58.8 Å². The van der Waals surface area contributed by atoms with E-state index in [9.17, 15) is 13.6 Å². The largest absolute Gasteiger partial charge is 0.477 e. The van der Waals surface area contributed by atoms with Crippen molar-refractivity contribution in [2.24, 2.45) is 17.3 Å². The molecule has 8 heteroatoms. The first-order chi connectivity index (χ1) is 14.4. The number of amides is 1. The van der Waals surface area contributed by atoms with Gasteiger partial charge in [-0.25, -0.2) is 18.7 Å². The van der Waals surface area contributed by atoms with Crippen LogP contribution >= 0.6 is 15.9 Å². The van der Waals surface area contributed by atoms with Gasteiger partial charge in [0.1, 0.15) is 22.9 Å². The maximum Gasteiger partial charge on any atom is 0.226 e. The fraction of sp³-hybridized carbons (Fsp3) is 0.500. The molecule has 3 aliphatic carbocycles. The van der Waals surface area contributed by atoms with Gasteiger partial charge in [-0.2, -0.15) is 0 Å². The van der Waals surface area contributed by atoms with Crippen LogP contribution in [0.1, 0.15) is 37.3 Å². The van der Waals surface area contributed by atoms with Crippen LogP contribution < -0.4 is 4.74 Å². The van der Waals surface area contributed by atoms with E-state index in [1.54, 1.807) is 23.1 Å². The van der Waals surface area contributed by atoms with Crippen LogP contribution in [0.4, 0.5) is 8.78 Å². The predicted octanol–water partition coefficient (Wildman–Crippen LogP) is 4.49. The molecule has 2 aromatic rings. The standard InChI is InChI=1S/C22H22BrF2N3O2/c23-19-6-20(27-12-26-19)30-11-22-7-14(8-22)17(9-22)21(29)28-10-16(25)5-18(28)13-2-1-3-15(24)4-13/h1-4,6,12,14,16-18H,5,7-11H2/t14?,16?,17-,18?,22?/m0/s1. The Bertz CT molecular complexity index is 969. The zero-order valence-corrected chi connectivity index (χ0v) is 17.9.